The molecule has 0 spiro atoms. The Hall–Kier alpha value is -1.85. The Morgan fingerprint density at radius 3 is 2.71 bits per heavy atom. The normalized spacial score (nSPS) is 13.7. The van der Waals surface area contributed by atoms with Crippen molar-refractivity contribution in [2.45, 2.75) is 13.0 Å². The van der Waals surface area contributed by atoms with Crippen LogP contribution in [0.3, 0.4) is 0 Å². The molecule has 6 heteroatoms. The fourth-order valence-electron chi connectivity index (χ4n) is 2.30. The topological polar surface area (TPSA) is 53.5 Å². The Balaban J connectivity index is 2.06. The molecule has 5 nitrogen and oxygen atoms in total. The van der Waals surface area contributed by atoms with Gasteiger partial charge in [-0.15, -0.1) is 0 Å². The molecule has 1 aliphatic rings. The van der Waals surface area contributed by atoms with Crippen molar-refractivity contribution in [3.05, 3.63) is 34.6 Å². The molecule has 0 bridgehead atoms. The maximum Gasteiger partial charge on any atom is 0.161 e. The minimum atomic E-state index is 0.449. The molecule has 0 saturated carbocycles. The lowest BCUT2D eigenvalue weighted by molar-refractivity contribution is 0.109. The number of fused-ring (bicyclic) bond motifs is 1. The van der Waals surface area contributed by atoms with E-state index in [4.69, 9.17) is 25.8 Å². The van der Waals surface area contributed by atoms with E-state index < -0.39 is 0 Å². The van der Waals surface area contributed by atoms with Gasteiger partial charge in [-0.1, -0.05) is 11.6 Å². The summed E-state index contributed by atoms with van der Waals surface area (Å²) in [7, 11) is 3.20. The summed E-state index contributed by atoms with van der Waals surface area (Å²) in [5, 5.41) is 0.449. The van der Waals surface area contributed by atoms with Crippen LogP contribution in [0.4, 0.5) is 0 Å². The minimum Gasteiger partial charge on any atom is -0.493 e. The molecule has 3 rings (SSSR count). The highest BCUT2D eigenvalue weighted by atomic mass is 35.5. The first-order valence-electron chi connectivity index (χ1n) is 6.58. The zero-order valence-electron chi connectivity index (χ0n) is 11.9. The molecule has 110 valence electrons. The standard InChI is InChI=1S/C15H15ClN2O3/c1-19-12-4-3-9(7-13(12)20-2)15-17-11-5-6-21-8-10(11)14(16)18-15/h3-4,7H,5-6,8H2,1-2H3. The molecule has 0 amide bonds. The van der Waals surface area contributed by atoms with E-state index in [9.17, 15) is 0 Å². The second-order valence-corrected chi connectivity index (χ2v) is 4.99. The smallest absolute Gasteiger partial charge is 0.161 e. The summed E-state index contributed by atoms with van der Waals surface area (Å²) in [5.41, 5.74) is 2.67. The Bertz CT molecular complexity index is 676. The fraction of sp³-hybridized carbons (Fsp3) is 0.333. The molecule has 0 fully saturated rings. The van der Waals surface area contributed by atoms with Crippen molar-refractivity contribution in [1.82, 2.24) is 9.97 Å². The summed E-state index contributed by atoms with van der Waals surface area (Å²) in [6.45, 7) is 1.13. The molecule has 1 aromatic heterocycles. The number of halogens is 1. The fourth-order valence-corrected chi connectivity index (χ4v) is 2.54. The van der Waals surface area contributed by atoms with Gasteiger partial charge in [-0.05, 0) is 18.2 Å². The third kappa shape index (κ3) is 2.66. The molecule has 0 unspecified atom stereocenters. The first-order valence-corrected chi connectivity index (χ1v) is 6.96. The lowest BCUT2D eigenvalue weighted by atomic mass is 10.1. The van der Waals surface area contributed by atoms with Crippen LogP contribution in [0.15, 0.2) is 18.2 Å². The van der Waals surface area contributed by atoms with E-state index in [1.807, 2.05) is 18.2 Å². The summed E-state index contributed by atoms with van der Waals surface area (Å²) in [6.07, 6.45) is 0.748. The van der Waals surface area contributed by atoms with Crippen LogP contribution in [0.2, 0.25) is 5.15 Å². The first-order chi connectivity index (χ1) is 10.2. The molecule has 2 aromatic rings. The molecule has 0 N–H and O–H groups in total. The van der Waals surface area contributed by atoms with Crippen LogP contribution in [0, 0.1) is 0 Å². The van der Waals surface area contributed by atoms with Crippen LogP contribution < -0.4 is 9.47 Å². The lowest BCUT2D eigenvalue weighted by Gasteiger charge is -2.17. The number of benzene rings is 1. The van der Waals surface area contributed by atoms with E-state index in [1.54, 1.807) is 14.2 Å². The van der Waals surface area contributed by atoms with E-state index in [1.165, 1.54) is 0 Å². The van der Waals surface area contributed by atoms with Crippen LogP contribution in [0.1, 0.15) is 11.3 Å². The zero-order valence-corrected chi connectivity index (χ0v) is 12.6. The number of hydrogen-bond acceptors (Lipinski definition) is 5. The summed E-state index contributed by atoms with van der Waals surface area (Å²) in [6, 6.07) is 5.56. The van der Waals surface area contributed by atoms with Gasteiger partial charge in [0.15, 0.2) is 17.3 Å². The molecule has 2 heterocycles. The van der Waals surface area contributed by atoms with Gasteiger partial charge in [0.2, 0.25) is 0 Å². The molecule has 0 radical (unpaired) electrons. The number of rotatable bonds is 3. The summed E-state index contributed by atoms with van der Waals surface area (Å²) >= 11 is 6.24. The van der Waals surface area contributed by atoms with Crippen molar-refractivity contribution < 1.29 is 14.2 Å². The molecule has 21 heavy (non-hydrogen) atoms. The Morgan fingerprint density at radius 1 is 1.14 bits per heavy atom. The van der Waals surface area contributed by atoms with Gasteiger partial charge in [0.05, 0.1) is 33.1 Å². The maximum atomic E-state index is 6.24. The molecule has 0 saturated heterocycles. The van der Waals surface area contributed by atoms with E-state index in [0.29, 0.717) is 35.7 Å². The van der Waals surface area contributed by atoms with E-state index in [2.05, 4.69) is 9.97 Å². The van der Waals surface area contributed by atoms with Crippen molar-refractivity contribution in [1.29, 1.82) is 0 Å². The zero-order chi connectivity index (χ0) is 14.8. The third-order valence-corrected chi connectivity index (χ3v) is 3.73. The van der Waals surface area contributed by atoms with Crippen molar-refractivity contribution in [2.24, 2.45) is 0 Å². The second-order valence-electron chi connectivity index (χ2n) is 4.64. The third-order valence-electron chi connectivity index (χ3n) is 3.41. The van der Waals surface area contributed by atoms with Gasteiger partial charge in [0, 0.05) is 17.5 Å². The molecule has 0 atom stereocenters. The highest BCUT2D eigenvalue weighted by Gasteiger charge is 2.18. The van der Waals surface area contributed by atoms with Gasteiger partial charge in [-0.2, -0.15) is 0 Å². The Kier molecular flexibility index (Phi) is 3.94. The number of hydrogen-bond donors (Lipinski definition) is 0. The van der Waals surface area contributed by atoms with Crippen LogP contribution in [-0.2, 0) is 17.8 Å². The van der Waals surface area contributed by atoms with Gasteiger partial charge in [-0.3, -0.25) is 0 Å². The van der Waals surface area contributed by atoms with E-state index >= 15 is 0 Å². The average molecular weight is 307 g/mol. The van der Waals surface area contributed by atoms with Crippen LogP contribution in [-0.4, -0.2) is 30.8 Å². The number of aromatic nitrogens is 2. The number of nitrogens with zero attached hydrogens (tertiary/aromatic N) is 2. The monoisotopic (exact) mass is 306 g/mol. The SMILES string of the molecule is COc1ccc(-c2nc(Cl)c3c(n2)CCOC3)cc1OC. The minimum absolute atomic E-state index is 0.449. The summed E-state index contributed by atoms with van der Waals surface area (Å²) < 4.78 is 15.9. The van der Waals surface area contributed by atoms with E-state index in [0.717, 1.165) is 23.2 Å². The van der Waals surface area contributed by atoms with Gasteiger partial charge >= 0.3 is 0 Å². The van der Waals surface area contributed by atoms with Crippen molar-refractivity contribution >= 4 is 11.6 Å². The van der Waals surface area contributed by atoms with Crippen molar-refractivity contribution in [2.75, 3.05) is 20.8 Å². The van der Waals surface area contributed by atoms with Crippen LogP contribution in [0.5, 0.6) is 11.5 Å². The Labute approximate surface area is 127 Å². The quantitative estimate of drug-likeness (QED) is 0.816. The number of methoxy groups -OCH3 is 2. The highest BCUT2D eigenvalue weighted by molar-refractivity contribution is 6.30. The van der Waals surface area contributed by atoms with Crippen LogP contribution in [0.25, 0.3) is 11.4 Å². The predicted octanol–water partition coefficient (Wildman–Crippen LogP) is 2.89. The second kappa shape index (κ2) is 5.87. The lowest BCUT2D eigenvalue weighted by Crippen LogP contribution is -2.14. The summed E-state index contributed by atoms with van der Waals surface area (Å²) in [5.74, 6) is 1.89. The first kappa shape index (κ1) is 14.1. The molecule has 1 aromatic carbocycles. The molecular weight excluding hydrogens is 292 g/mol. The average Bonchev–Trinajstić information content (AvgIpc) is 2.54. The summed E-state index contributed by atoms with van der Waals surface area (Å²) in [4.78, 5) is 8.97. The molecular formula is C15H15ClN2O3. The number of ether oxygens (including phenoxy) is 3. The molecule has 0 aliphatic carbocycles. The largest absolute Gasteiger partial charge is 0.493 e. The van der Waals surface area contributed by atoms with Gasteiger partial charge < -0.3 is 14.2 Å². The van der Waals surface area contributed by atoms with Gasteiger partial charge in [-0.25, -0.2) is 9.97 Å². The van der Waals surface area contributed by atoms with Crippen molar-refractivity contribution in [3.63, 3.8) is 0 Å². The predicted molar refractivity (Wildman–Crippen MR) is 78.9 cm³/mol. The Morgan fingerprint density at radius 2 is 1.95 bits per heavy atom. The van der Waals surface area contributed by atoms with E-state index in [-0.39, 0.29) is 0 Å². The van der Waals surface area contributed by atoms with Crippen molar-refractivity contribution in [3.8, 4) is 22.9 Å². The van der Waals surface area contributed by atoms with Gasteiger partial charge in [0.25, 0.3) is 0 Å². The maximum absolute atomic E-state index is 6.24. The van der Waals surface area contributed by atoms with Crippen LogP contribution >= 0.6 is 11.6 Å². The molecule has 1 aliphatic heterocycles. The van der Waals surface area contributed by atoms with Gasteiger partial charge in [0.1, 0.15) is 5.15 Å². The highest BCUT2D eigenvalue weighted by Crippen LogP contribution is 2.32.